The van der Waals surface area contributed by atoms with E-state index in [1.807, 2.05) is 18.2 Å². The maximum atomic E-state index is 13.2. The lowest BCUT2D eigenvalue weighted by Crippen LogP contribution is -2.41. The molecule has 2 aromatic carbocycles. The monoisotopic (exact) mass is 441 g/mol. The van der Waals surface area contributed by atoms with E-state index in [1.54, 1.807) is 29.4 Å². The summed E-state index contributed by atoms with van der Waals surface area (Å²) in [6, 6.07) is 11.6. The fourth-order valence-corrected chi connectivity index (χ4v) is 4.72. The van der Waals surface area contributed by atoms with Gasteiger partial charge >= 0.3 is 0 Å². The average molecular weight is 442 g/mol. The average Bonchev–Trinajstić information content (AvgIpc) is 3.19. The van der Waals surface area contributed by atoms with Crippen molar-refractivity contribution in [2.75, 3.05) is 44.8 Å². The van der Waals surface area contributed by atoms with E-state index in [1.165, 1.54) is 5.56 Å². The zero-order chi connectivity index (χ0) is 22.4. The largest absolute Gasteiger partial charge is 0.493 e. The highest BCUT2D eigenvalue weighted by molar-refractivity contribution is 7.22. The number of nitrogens with zero attached hydrogens (tertiary/aromatic N) is 3. The van der Waals surface area contributed by atoms with E-state index in [0.29, 0.717) is 23.2 Å². The second kappa shape index (κ2) is 10.6. The fraction of sp³-hybridized carbons (Fsp3) is 0.417. The molecule has 0 aliphatic rings. The van der Waals surface area contributed by atoms with Gasteiger partial charge in [-0.2, -0.15) is 0 Å². The molecule has 3 aromatic rings. The maximum absolute atomic E-state index is 13.2. The molecule has 31 heavy (non-hydrogen) atoms. The number of thiazole rings is 1. The van der Waals surface area contributed by atoms with Gasteiger partial charge < -0.3 is 14.4 Å². The summed E-state index contributed by atoms with van der Waals surface area (Å²) >= 11 is 1.55. The molecule has 1 aromatic heterocycles. The molecule has 0 atom stereocenters. The van der Waals surface area contributed by atoms with Crippen LogP contribution in [0.3, 0.4) is 0 Å². The number of carbonyl (C=O) groups is 1. The third-order valence-corrected chi connectivity index (χ3v) is 6.33. The lowest BCUT2D eigenvalue weighted by molar-refractivity contribution is -0.120. The van der Waals surface area contributed by atoms with E-state index in [2.05, 4.69) is 44.7 Å². The summed E-state index contributed by atoms with van der Waals surface area (Å²) in [4.78, 5) is 22.1. The van der Waals surface area contributed by atoms with Crippen LogP contribution in [0.25, 0.3) is 10.2 Å². The van der Waals surface area contributed by atoms with Crippen LogP contribution in [0.5, 0.6) is 11.5 Å². The molecule has 0 N–H and O–H groups in total. The first kappa shape index (κ1) is 23.0. The summed E-state index contributed by atoms with van der Waals surface area (Å²) in [5, 5.41) is 0.712. The van der Waals surface area contributed by atoms with Crippen molar-refractivity contribution in [3.05, 3.63) is 47.5 Å². The van der Waals surface area contributed by atoms with Gasteiger partial charge in [0.2, 0.25) is 0 Å². The molecule has 3 rings (SSSR count). The van der Waals surface area contributed by atoms with Crippen LogP contribution in [0.1, 0.15) is 25.0 Å². The minimum Gasteiger partial charge on any atom is -0.493 e. The van der Waals surface area contributed by atoms with E-state index < -0.39 is 0 Å². The number of amides is 1. The van der Waals surface area contributed by atoms with Gasteiger partial charge in [-0.25, -0.2) is 4.98 Å². The molecule has 6 nitrogen and oxygen atoms in total. The smallest absolute Gasteiger partial charge is 0.266 e. The summed E-state index contributed by atoms with van der Waals surface area (Å²) in [6.07, 6.45) is 0. The third-order valence-electron chi connectivity index (χ3n) is 5.30. The topological polar surface area (TPSA) is 54.9 Å². The summed E-state index contributed by atoms with van der Waals surface area (Å²) in [7, 11) is 1.59. The van der Waals surface area contributed by atoms with Crippen molar-refractivity contribution in [3.8, 4) is 11.5 Å². The number of para-hydroxylation sites is 2. The van der Waals surface area contributed by atoms with E-state index in [-0.39, 0.29) is 12.5 Å². The number of likely N-dealkylation sites (N-methyl/N-ethyl adjacent to an activating group) is 1. The van der Waals surface area contributed by atoms with Gasteiger partial charge in [-0.3, -0.25) is 9.69 Å². The molecule has 166 valence electrons. The normalized spacial score (nSPS) is 11.2. The summed E-state index contributed by atoms with van der Waals surface area (Å²) in [5.74, 6) is 1.04. The Morgan fingerprint density at radius 2 is 1.77 bits per heavy atom. The summed E-state index contributed by atoms with van der Waals surface area (Å²) in [6.45, 7) is 11.5. The third kappa shape index (κ3) is 5.54. The Labute approximate surface area is 188 Å². The highest BCUT2D eigenvalue weighted by Crippen LogP contribution is 2.32. The minimum absolute atomic E-state index is 0.0768. The van der Waals surface area contributed by atoms with Crippen molar-refractivity contribution in [1.29, 1.82) is 0 Å². The molecule has 0 unspecified atom stereocenters. The fourth-order valence-electron chi connectivity index (χ4n) is 3.54. The Morgan fingerprint density at radius 1 is 1.06 bits per heavy atom. The van der Waals surface area contributed by atoms with Crippen LogP contribution in [-0.4, -0.2) is 55.7 Å². The summed E-state index contributed by atoms with van der Waals surface area (Å²) in [5.41, 5.74) is 3.27. The molecular formula is C24H31N3O3S. The van der Waals surface area contributed by atoms with Crippen molar-refractivity contribution < 1.29 is 14.3 Å². The molecule has 0 fully saturated rings. The van der Waals surface area contributed by atoms with Gasteiger partial charge in [0.1, 0.15) is 0 Å². The number of hydrogen-bond acceptors (Lipinski definition) is 6. The Kier molecular flexibility index (Phi) is 7.87. The lowest BCUT2D eigenvalue weighted by atomic mass is 10.1. The number of methoxy groups -OCH3 is 1. The van der Waals surface area contributed by atoms with Gasteiger partial charge in [0.05, 0.1) is 17.3 Å². The molecule has 0 spiro atoms. The number of carbonyl (C=O) groups excluding carboxylic acids is 1. The Hall–Kier alpha value is -2.64. The number of anilines is 1. The number of benzene rings is 2. The van der Waals surface area contributed by atoms with Crippen LogP contribution >= 0.6 is 11.3 Å². The van der Waals surface area contributed by atoms with Gasteiger partial charge in [-0.1, -0.05) is 43.4 Å². The molecular weight excluding hydrogens is 410 g/mol. The molecule has 0 aliphatic carbocycles. The number of ether oxygens (including phenoxy) is 2. The summed E-state index contributed by atoms with van der Waals surface area (Å²) < 4.78 is 12.2. The number of aromatic nitrogens is 1. The van der Waals surface area contributed by atoms with Crippen molar-refractivity contribution in [3.63, 3.8) is 0 Å². The zero-order valence-corrected chi connectivity index (χ0v) is 19.8. The molecule has 0 saturated carbocycles. The maximum Gasteiger partial charge on any atom is 0.266 e. The van der Waals surface area contributed by atoms with Crippen LogP contribution in [-0.2, 0) is 4.79 Å². The van der Waals surface area contributed by atoms with E-state index in [4.69, 9.17) is 14.5 Å². The Bertz CT molecular complexity index is 1030. The first-order chi connectivity index (χ1) is 15.0. The predicted octanol–water partition coefficient (Wildman–Crippen LogP) is 4.68. The lowest BCUT2D eigenvalue weighted by Gasteiger charge is -2.24. The first-order valence-electron chi connectivity index (χ1n) is 10.6. The molecule has 1 amide bonds. The molecule has 0 radical (unpaired) electrons. The van der Waals surface area contributed by atoms with Crippen molar-refractivity contribution in [2.24, 2.45) is 0 Å². The number of rotatable bonds is 10. The quantitative estimate of drug-likeness (QED) is 0.457. The van der Waals surface area contributed by atoms with Crippen LogP contribution in [0.15, 0.2) is 36.4 Å². The zero-order valence-electron chi connectivity index (χ0n) is 19.0. The highest BCUT2D eigenvalue weighted by Gasteiger charge is 2.22. The molecule has 7 heteroatoms. The van der Waals surface area contributed by atoms with Crippen LogP contribution in [0.2, 0.25) is 0 Å². The SMILES string of the molecule is CCN(CC)CCN(C(=O)COc1ccccc1OC)c1nc2c(C)cc(C)cc2s1. The van der Waals surface area contributed by atoms with Crippen molar-refractivity contribution >= 4 is 32.6 Å². The second-order valence-corrected chi connectivity index (χ2v) is 8.45. The van der Waals surface area contributed by atoms with E-state index >= 15 is 0 Å². The molecule has 0 saturated heterocycles. The highest BCUT2D eigenvalue weighted by atomic mass is 32.1. The van der Waals surface area contributed by atoms with E-state index in [9.17, 15) is 4.79 Å². The Balaban J connectivity index is 1.85. The van der Waals surface area contributed by atoms with Crippen LogP contribution < -0.4 is 14.4 Å². The number of aryl methyl sites for hydroxylation is 2. The van der Waals surface area contributed by atoms with Gasteiger partial charge in [0, 0.05) is 13.1 Å². The Morgan fingerprint density at radius 3 is 2.45 bits per heavy atom. The first-order valence-corrected chi connectivity index (χ1v) is 11.4. The number of hydrogen-bond donors (Lipinski definition) is 0. The molecule has 1 heterocycles. The predicted molar refractivity (Wildman–Crippen MR) is 128 cm³/mol. The molecule has 0 aliphatic heterocycles. The second-order valence-electron chi connectivity index (χ2n) is 7.44. The van der Waals surface area contributed by atoms with Gasteiger partial charge in [-0.15, -0.1) is 0 Å². The van der Waals surface area contributed by atoms with Gasteiger partial charge in [-0.05, 0) is 56.3 Å². The van der Waals surface area contributed by atoms with Gasteiger partial charge in [0.25, 0.3) is 5.91 Å². The number of fused-ring (bicyclic) bond motifs is 1. The van der Waals surface area contributed by atoms with Crippen molar-refractivity contribution in [2.45, 2.75) is 27.7 Å². The standard InChI is InChI=1S/C24H31N3O3S/c1-6-26(7-2)12-13-27(22(28)16-30-20-11-9-8-10-19(20)29-5)24-25-23-18(4)14-17(3)15-21(23)31-24/h8-11,14-15H,6-7,12-13,16H2,1-5H3. The minimum atomic E-state index is -0.119. The van der Waals surface area contributed by atoms with Crippen molar-refractivity contribution in [1.82, 2.24) is 9.88 Å². The van der Waals surface area contributed by atoms with Crippen LogP contribution in [0.4, 0.5) is 5.13 Å². The van der Waals surface area contributed by atoms with E-state index in [0.717, 1.165) is 35.4 Å². The van der Waals surface area contributed by atoms with Crippen LogP contribution in [0, 0.1) is 13.8 Å². The van der Waals surface area contributed by atoms with Gasteiger partial charge in [0.15, 0.2) is 23.2 Å². The molecule has 0 bridgehead atoms.